The third-order valence-corrected chi connectivity index (χ3v) is 4.43. The number of nitrogens with one attached hydrogen (secondary N) is 2. The molecule has 1 aromatic heterocycles. The fourth-order valence-electron chi connectivity index (χ4n) is 1.27. The fourth-order valence-corrected chi connectivity index (χ4v) is 2.89. The molecule has 1 aromatic rings. The maximum absolute atomic E-state index is 11.9. The zero-order chi connectivity index (χ0) is 12.7. The Hall–Kier alpha value is -0.630. The molecule has 0 spiro atoms. The standard InChI is InChI=1S/C10H19N3O2S2/c1-3-11-6-4-7-13(2)17(14,15)12-10-5-8-16-9-10/h5,8-9,11-12H,3-4,6-7H2,1-2H3. The zero-order valence-electron chi connectivity index (χ0n) is 10.1. The second-order valence-corrected chi connectivity index (χ2v) is 6.21. The second kappa shape index (κ2) is 6.95. The van der Waals surface area contributed by atoms with Crippen LogP contribution in [0.15, 0.2) is 16.8 Å². The summed E-state index contributed by atoms with van der Waals surface area (Å²) < 4.78 is 27.6. The van der Waals surface area contributed by atoms with Gasteiger partial charge in [0.25, 0.3) is 0 Å². The van der Waals surface area contributed by atoms with Crippen LogP contribution in [0, 0.1) is 0 Å². The van der Waals surface area contributed by atoms with Gasteiger partial charge in [0.05, 0.1) is 5.69 Å². The first-order valence-electron chi connectivity index (χ1n) is 5.53. The average Bonchev–Trinajstić information content (AvgIpc) is 2.76. The summed E-state index contributed by atoms with van der Waals surface area (Å²) in [5, 5.41) is 6.76. The molecule has 5 nitrogen and oxygen atoms in total. The van der Waals surface area contributed by atoms with E-state index in [0.717, 1.165) is 19.5 Å². The summed E-state index contributed by atoms with van der Waals surface area (Å²) in [4.78, 5) is 0. The maximum Gasteiger partial charge on any atom is 0.301 e. The maximum atomic E-state index is 11.9. The number of nitrogens with zero attached hydrogens (tertiary/aromatic N) is 1. The van der Waals surface area contributed by atoms with Crippen molar-refractivity contribution in [1.29, 1.82) is 0 Å². The molecule has 98 valence electrons. The van der Waals surface area contributed by atoms with E-state index in [9.17, 15) is 8.42 Å². The largest absolute Gasteiger partial charge is 0.317 e. The van der Waals surface area contributed by atoms with Crippen LogP contribution in [0.2, 0.25) is 0 Å². The van der Waals surface area contributed by atoms with Crippen LogP contribution >= 0.6 is 11.3 Å². The van der Waals surface area contributed by atoms with Crippen LogP contribution in [0.4, 0.5) is 5.69 Å². The van der Waals surface area contributed by atoms with Crippen molar-refractivity contribution in [2.45, 2.75) is 13.3 Å². The summed E-state index contributed by atoms with van der Waals surface area (Å²) in [5.74, 6) is 0. The van der Waals surface area contributed by atoms with Crippen molar-refractivity contribution in [3.05, 3.63) is 16.8 Å². The van der Waals surface area contributed by atoms with Gasteiger partial charge >= 0.3 is 10.2 Å². The summed E-state index contributed by atoms with van der Waals surface area (Å²) in [6, 6.07) is 1.74. The van der Waals surface area contributed by atoms with Crippen LogP contribution < -0.4 is 10.0 Å². The molecular formula is C10H19N3O2S2. The lowest BCUT2D eigenvalue weighted by atomic mass is 10.4. The average molecular weight is 277 g/mol. The highest BCUT2D eigenvalue weighted by Crippen LogP contribution is 2.14. The second-order valence-electron chi connectivity index (χ2n) is 3.65. The van der Waals surface area contributed by atoms with Crippen molar-refractivity contribution < 1.29 is 8.42 Å². The third-order valence-electron chi connectivity index (χ3n) is 2.25. The molecular weight excluding hydrogens is 258 g/mol. The van der Waals surface area contributed by atoms with E-state index in [4.69, 9.17) is 0 Å². The van der Waals surface area contributed by atoms with Gasteiger partial charge in [-0.05, 0) is 31.0 Å². The molecule has 7 heteroatoms. The highest BCUT2D eigenvalue weighted by Gasteiger charge is 2.16. The molecule has 17 heavy (non-hydrogen) atoms. The van der Waals surface area contributed by atoms with Crippen molar-refractivity contribution in [2.75, 3.05) is 31.4 Å². The monoisotopic (exact) mass is 277 g/mol. The molecule has 1 heterocycles. The van der Waals surface area contributed by atoms with Crippen LogP contribution in [-0.2, 0) is 10.2 Å². The van der Waals surface area contributed by atoms with Gasteiger partial charge in [0.2, 0.25) is 0 Å². The SMILES string of the molecule is CCNCCCN(C)S(=O)(=O)Nc1ccsc1. The van der Waals surface area contributed by atoms with Gasteiger partial charge in [-0.25, -0.2) is 0 Å². The Bertz CT molecular complexity index is 403. The van der Waals surface area contributed by atoms with Gasteiger partial charge in [-0.15, -0.1) is 0 Å². The Morgan fingerprint density at radius 3 is 2.82 bits per heavy atom. The quantitative estimate of drug-likeness (QED) is 0.705. The van der Waals surface area contributed by atoms with Crippen molar-refractivity contribution in [3.8, 4) is 0 Å². The first-order valence-corrected chi connectivity index (χ1v) is 7.91. The van der Waals surface area contributed by atoms with Gasteiger partial charge in [0, 0.05) is 19.0 Å². The highest BCUT2D eigenvalue weighted by molar-refractivity contribution is 7.90. The highest BCUT2D eigenvalue weighted by atomic mass is 32.2. The van der Waals surface area contributed by atoms with Crippen LogP contribution in [0.1, 0.15) is 13.3 Å². The molecule has 0 aliphatic heterocycles. The van der Waals surface area contributed by atoms with E-state index in [1.807, 2.05) is 12.3 Å². The van der Waals surface area contributed by atoms with Crippen molar-refractivity contribution >= 4 is 27.2 Å². The predicted molar refractivity (Wildman–Crippen MR) is 72.7 cm³/mol. The summed E-state index contributed by atoms with van der Waals surface area (Å²) in [5.41, 5.74) is 0.619. The Morgan fingerprint density at radius 2 is 2.24 bits per heavy atom. The third kappa shape index (κ3) is 5.03. The van der Waals surface area contributed by atoms with E-state index in [2.05, 4.69) is 10.0 Å². The summed E-state index contributed by atoms with van der Waals surface area (Å²) in [6.45, 7) is 4.27. The molecule has 0 bridgehead atoms. The van der Waals surface area contributed by atoms with Gasteiger partial charge in [0.15, 0.2) is 0 Å². The molecule has 2 N–H and O–H groups in total. The van der Waals surface area contributed by atoms with Gasteiger partial charge in [-0.3, -0.25) is 4.72 Å². The van der Waals surface area contributed by atoms with E-state index in [1.165, 1.54) is 15.6 Å². The van der Waals surface area contributed by atoms with Gasteiger partial charge in [-0.2, -0.15) is 24.1 Å². The van der Waals surface area contributed by atoms with Gasteiger partial charge in [-0.1, -0.05) is 6.92 Å². The van der Waals surface area contributed by atoms with E-state index in [1.54, 1.807) is 18.5 Å². The molecule has 0 saturated heterocycles. The molecule has 0 amide bonds. The minimum atomic E-state index is -3.41. The van der Waals surface area contributed by atoms with Crippen molar-refractivity contribution in [2.24, 2.45) is 0 Å². The Morgan fingerprint density at radius 1 is 1.47 bits per heavy atom. The number of anilines is 1. The molecule has 0 saturated carbocycles. The lowest BCUT2D eigenvalue weighted by molar-refractivity contribution is 0.459. The normalized spacial score (nSPS) is 11.9. The van der Waals surface area contributed by atoms with E-state index < -0.39 is 10.2 Å². The van der Waals surface area contributed by atoms with Crippen LogP contribution in [0.25, 0.3) is 0 Å². The summed E-state index contributed by atoms with van der Waals surface area (Å²) in [6.07, 6.45) is 0.800. The number of hydrogen-bond acceptors (Lipinski definition) is 4. The first kappa shape index (κ1) is 14.4. The Kier molecular flexibility index (Phi) is 5.90. The van der Waals surface area contributed by atoms with E-state index in [-0.39, 0.29) is 0 Å². The Balaban J connectivity index is 2.41. The van der Waals surface area contributed by atoms with Crippen molar-refractivity contribution in [1.82, 2.24) is 9.62 Å². The fraction of sp³-hybridized carbons (Fsp3) is 0.600. The number of rotatable bonds is 8. The molecule has 0 aromatic carbocycles. The van der Waals surface area contributed by atoms with Crippen molar-refractivity contribution in [3.63, 3.8) is 0 Å². The van der Waals surface area contributed by atoms with Gasteiger partial charge < -0.3 is 5.32 Å². The Labute approximate surface area is 107 Å². The molecule has 0 aliphatic rings. The molecule has 0 radical (unpaired) electrons. The van der Waals surface area contributed by atoms with Gasteiger partial charge in [0.1, 0.15) is 0 Å². The molecule has 0 aliphatic carbocycles. The minimum Gasteiger partial charge on any atom is -0.317 e. The molecule has 0 unspecified atom stereocenters. The lowest BCUT2D eigenvalue weighted by Crippen LogP contribution is -2.34. The predicted octanol–water partition coefficient (Wildman–Crippen LogP) is 1.34. The topological polar surface area (TPSA) is 61.4 Å². The summed E-state index contributed by atoms with van der Waals surface area (Å²) in [7, 11) is -1.82. The molecule has 0 atom stereocenters. The molecule has 0 fully saturated rings. The number of hydrogen-bond donors (Lipinski definition) is 2. The summed E-state index contributed by atoms with van der Waals surface area (Å²) >= 11 is 1.46. The lowest BCUT2D eigenvalue weighted by Gasteiger charge is -2.17. The minimum absolute atomic E-state index is 0.506. The smallest absolute Gasteiger partial charge is 0.301 e. The zero-order valence-corrected chi connectivity index (χ0v) is 11.8. The van der Waals surface area contributed by atoms with E-state index >= 15 is 0 Å². The number of thiophene rings is 1. The van der Waals surface area contributed by atoms with Crippen LogP contribution in [-0.4, -0.2) is 39.4 Å². The first-order chi connectivity index (χ1) is 8.06. The van der Waals surface area contributed by atoms with Crippen LogP contribution in [0.5, 0.6) is 0 Å². The molecule has 1 rings (SSSR count). The van der Waals surface area contributed by atoms with E-state index in [0.29, 0.717) is 12.2 Å². The van der Waals surface area contributed by atoms with Crippen LogP contribution in [0.3, 0.4) is 0 Å².